The first kappa shape index (κ1) is 30.5. The number of amides is 4. The summed E-state index contributed by atoms with van der Waals surface area (Å²) in [6, 6.07) is 7.49. The molecule has 3 rings (SSSR count). The predicted octanol–water partition coefficient (Wildman–Crippen LogP) is 4.02. The Morgan fingerprint density at radius 3 is 2.62 bits per heavy atom. The zero-order valence-corrected chi connectivity index (χ0v) is 22.6. The average molecular weight is 565 g/mol. The number of nitrogens with zero attached hydrogens (tertiary/aromatic N) is 4. The lowest BCUT2D eigenvalue weighted by Gasteiger charge is -2.31. The second kappa shape index (κ2) is 13.9. The van der Waals surface area contributed by atoms with Crippen LogP contribution >= 0.6 is 0 Å². The van der Waals surface area contributed by atoms with Gasteiger partial charge in [0.1, 0.15) is 0 Å². The molecule has 1 aromatic carbocycles. The van der Waals surface area contributed by atoms with Crippen molar-refractivity contribution in [3.05, 3.63) is 58.9 Å². The minimum atomic E-state index is -4.65. The quantitative estimate of drug-likeness (QED) is 0.355. The van der Waals surface area contributed by atoms with Crippen LogP contribution in [0.2, 0.25) is 0 Å². The van der Waals surface area contributed by atoms with Crippen LogP contribution in [0.5, 0.6) is 0 Å². The fraction of sp³-hybridized carbons (Fsp3) is 0.481. The fourth-order valence-corrected chi connectivity index (χ4v) is 4.38. The van der Waals surface area contributed by atoms with Crippen LogP contribution in [0.3, 0.4) is 0 Å². The van der Waals surface area contributed by atoms with E-state index in [1.165, 1.54) is 24.2 Å². The van der Waals surface area contributed by atoms with E-state index >= 15 is 0 Å². The number of unbranched alkanes of at least 4 members (excludes halogenated alkanes) is 1. The van der Waals surface area contributed by atoms with E-state index in [1.807, 2.05) is 18.2 Å². The van der Waals surface area contributed by atoms with Crippen molar-refractivity contribution in [3.8, 4) is 0 Å². The summed E-state index contributed by atoms with van der Waals surface area (Å²) in [6.45, 7) is 2.73. The smallest absolute Gasteiger partial charge is 0.418 e. The third-order valence-electron chi connectivity index (χ3n) is 6.71. The van der Waals surface area contributed by atoms with Gasteiger partial charge in [-0.2, -0.15) is 13.2 Å². The molecule has 10 nitrogen and oxygen atoms in total. The number of carbonyl (C=O) groups excluding carboxylic acids is 2. The van der Waals surface area contributed by atoms with Crippen molar-refractivity contribution >= 4 is 23.7 Å². The molecule has 0 atom stereocenters. The Balaban J connectivity index is 1.71. The normalized spacial score (nSPS) is 12.9. The van der Waals surface area contributed by atoms with Crippen LogP contribution in [0.15, 0.2) is 36.5 Å². The van der Waals surface area contributed by atoms with E-state index in [1.54, 1.807) is 4.90 Å². The van der Waals surface area contributed by atoms with Crippen LogP contribution in [0.25, 0.3) is 0 Å². The fourth-order valence-electron chi connectivity index (χ4n) is 4.38. The lowest BCUT2D eigenvalue weighted by molar-refractivity contribution is -0.140. The summed E-state index contributed by atoms with van der Waals surface area (Å²) < 4.78 is 40.6. The average Bonchev–Trinajstić information content (AvgIpc) is 2.93. The first-order valence-electron chi connectivity index (χ1n) is 13.1. The number of aromatic nitrogens is 1. The van der Waals surface area contributed by atoms with Gasteiger partial charge in [-0.05, 0) is 42.2 Å². The monoisotopic (exact) mass is 564 g/mol. The van der Waals surface area contributed by atoms with Crippen molar-refractivity contribution in [3.63, 3.8) is 0 Å². The molecule has 4 amide bonds. The van der Waals surface area contributed by atoms with Crippen LogP contribution in [0.1, 0.15) is 42.1 Å². The SMILES string of the molecule is CCCCNC(=O)N1CCc2c(cccc2NCC(=O)N(CCN(C)C(=O)O)Cc2ncccc2C(F)(F)F)C1. The molecule has 0 bridgehead atoms. The highest BCUT2D eigenvalue weighted by molar-refractivity contribution is 5.81. The molecule has 0 saturated heterocycles. The molecule has 1 aliphatic rings. The van der Waals surface area contributed by atoms with Gasteiger partial charge in [0.25, 0.3) is 0 Å². The van der Waals surface area contributed by atoms with Gasteiger partial charge in [-0.15, -0.1) is 0 Å². The maximum Gasteiger partial charge on any atom is 0.418 e. The molecule has 2 heterocycles. The summed E-state index contributed by atoms with van der Waals surface area (Å²) in [4.78, 5) is 44.6. The van der Waals surface area contributed by atoms with Gasteiger partial charge in [0.15, 0.2) is 0 Å². The third kappa shape index (κ3) is 8.23. The number of rotatable bonds is 11. The van der Waals surface area contributed by atoms with Crippen LogP contribution in [-0.2, 0) is 30.5 Å². The maximum absolute atomic E-state index is 13.5. The Kier molecular flexibility index (Phi) is 10.6. The number of fused-ring (bicyclic) bond motifs is 1. The number of halogens is 3. The van der Waals surface area contributed by atoms with Gasteiger partial charge in [-0.1, -0.05) is 25.5 Å². The van der Waals surface area contributed by atoms with E-state index in [4.69, 9.17) is 5.11 Å². The van der Waals surface area contributed by atoms with Gasteiger partial charge in [0.05, 0.1) is 24.3 Å². The Bertz CT molecular complexity index is 1190. The van der Waals surface area contributed by atoms with E-state index < -0.39 is 30.3 Å². The summed E-state index contributed by atoms with van der Waals surface area (Å²) in [5, 5.41) is 15.2. The maximum atomic E-state index is 13.5. The number of carboxylic acid groups (broad SMARTS) is 1. The molecule has 3 N–H and O–H groups in total. The minimum Gasteiger partial charge on any atom is -0.465 e. The van der Waals surface area contributed by atoms with E-state index in [0.29, 0.717) is 31.7 Å². The number of carbonyl (C=O) groups is 3. The molecular formula is C27H35F3N6O4. The highest BCUT2D eigenvalue weighted by Gasteiger charge is 2.34. The highest BCUT2D eigenvalue weighted by atomic mass is 19.4. The van der Waals surface area contributed by atoms with E-state index in [-0.39, 0.29) is 31.4 Å². The molecule has 0 fully saturated rings. The molecular weight excluding hydrogens is 529 g/mol. The lowest BCUT2D eigenvalue weighted by Crippen LogP contribution is -2.43. The van der Waals surface area contributed by atoms with Gasteiger partial charge in [-0.25, -0.2) is 9.59 Å². The highest BCUT2D eigenvalue weighted by Crippen LogP contribution is 2.31. The molecule has 40 heavy (non-hydrogen) atoms. The standard InChI is InChI=1S/C27H35F3N6O4/c1-3-4-11-32-25(38)36-13-10-20-19(17-36)7-5-9-22(20)33-16-24(37)35(15-14-34(2)26(39)40)18-23-21(27(28,29)30)8-6-12-31-23/h5-9,12,33H,3-4,10-11,13-18H2,1-2H3,(H,32,38)(H,39,40). The number of pyridine rings is 1. The molecule has 1 aromatic heterocycles. The predicted molar refractivity (Wildman–Crippen MR) is 143 cm³/mol. The Labute approximate surface area is 231 Å². The lowest BCUT2D eigenvalue weighted by atomic mass is 9.98. The number of hydrogen-bond donors (Lipinski definition) is 3. The van der Waals surface area contributed by atoms with Gasteiger partial charge < -0.3 is 30.4 Å². The number of nitrogens with one attached hydrogen (secondary N) is 2. The Morgan fingerprint density at radius 1 is 1.15 bits per heavy atom. The summed E-state index contributed by atoms with van der Waals surface area (Å²) in [6.07, 6.45) is -2.20. The van der Waals surface area contributed by atoms with Crippen LogP contribution in [0, 0.1) is 0 Å². The number of benzene rings is 1. The number of urea groups is 1. The van der Waals surface area contributed by atoms with Crippen LogP contribution in [-0.4, -0.2) is 82.6 Å². The van der Waals surface area contributed by atoms with Crippen LogP contribution < -0.4 is 10.6 Å². The van der Waals surface area contributed by atoms with Gasteiger partial charge in [0.2, 0.25) is 5.91 Å². The molecule has 218 valence electrons. The van der Waals surface area contributed by atoms with E-state index in [9.17, 15) is 27.6 Å². The van der Waals surface area contributed by atoms with Gasteiger partial charge in [0, 0.05) is 51.7 Å². The van der Waals surface area contributed by atoms with Crippen molar-refractivity contribution in [2.24, 2.45) is 0 Å². The zero-order valence-electron chi connectivity index (χ0n) is 22.6. The number of hydrogen-bond acceptors (Lipinski definition) is 5. The molecule has 0 radical (unpaired) electrons. The number of anilines is 1. The largest absolute Gasteiger partial charge is 0.465 e. The second-order valence-electron chi connectivity index (χ2n) is 9.57. The molecule has 0 saturated carbocycles. The van der Waals surface area contributed by atoms with Crippen molar-refractivity contribution < 1.29 is 32.7 Å². The zero-order chi connectivity index (χ0) is 29.3. The topological polar surface area (TPSA) is 118 Å². The minimum absolute atomic E-state index is 0.0911. The van der Waals surface area contributed by atoms with Crippen molar-refractivity contribution in [2.45, 2.75) is 45.5 Å². The number of alkyl halides is 3. The summed E-state index contributed by atoms with van der Waals surface area (Å²) in [5.41, 5.74) is 1.34. The Hall–Kier alpha value is -4.03. The summed E-state index contributed by atoms with van der Waals surface area (Å²) in [5.74, 6) is -0.511. The first-order valence-corrected chi connectivity index (χ1v) is 13.1. The van der Waals surface area contributed by atoms with Gasteiger partial charge >= 0.3 is 18.3 Å². The van der Waals surface area contributed by atoms with Crippen molar-refractivity contribution in [1.82, 2.24) is 25.0 Å². The molecule has 1 aliphatic heterocycles. The van der Waals surface area contributed by atoms with Gasteiger partial charge in [-0.3, -0.25) is 9.78 Å². The van der Waals surface area contributed by atoms with Crippen LogP contribution in [0.4, 0.5) is 28.4 Å². The molecule has 0 unspecified atom stereocenters. The van der Waals surface area contributed by atoms with E-state index in [2.05, 4.69) is 22.5 Å². The van der Waals surface area contributed by atoms with Crippen molar-refractivity contribution in [2.75, 3.05) is 45.1 Å². The van der Waals surface area contributed by atoms with E-state index in [0.717, 1.165) is 34.9 Å². The first-order chi connectivity index (χ1) is 19.0. The molecule has 13 heteroatoms. The van der Waals surface area contributed by atoms with Crippen molar-refractivity contribution in [1.29, 1.82) is 0 Å². The molecule has 0 aliphatic carbocycles. The summed E-state index contributed by atoms with van der Waals surface area (Å²) in [7, 11) is 1.31. The molecule has 2 aromatic rings. The summed E-state index contributed by atoms with van der Waals surface area (Å²) >= 11 is 0. The third-order valence-corrected chi connectivity index (χ3v) is 6.71. The number of likely N-dealkylation sites (N-methyl/N-ethyl adjacent to an activating group) is 1. The Morgan fingerprint density at radius 2 is 1.93 bits per heavy atom. The molecule has 0 spiro atoms. The second-order valence-corrected chi connectivity index (χ2v) is 9.57.